The molecule has 1 aromatic rings. The van der Waals surface area contributed by atoms with Gasteiger partial charge in [0.25, 0.3) is 0 Å². The average molecular weight is 249 g/mol. The van der Waals surface area contributed by atoms with E-state index in [9.17, 15) is 9.59 Å². The summed E-state index contributed by atoms with van der Waals surface area (Å²) in [5.74, 6) is -0.689. The van der Waals surface area contributed by atoms with Gasteiger partial charge in [0, 0.05) is 25.5 Å². The van der Waals surface area contributed by atoms with Crippen LogP contribution >= 0.6 is 0 Å². The van der Waals surface area contributed by atoms with Gasteiger partial charge in [0.15, 0.2) is 0 Å². The molecule has 0 aliphatic heterocycles. The minimum Gasteiger partial charge on any atom is -0.348 e. The highest BCUT2D eigenvalue weighted by Gasteiger charge is 2.12. The first-order valence-electron chi connectivity index (χ1n) is 6.04. The molecule has 0 aliphatic carbocycles. The highest BCUT2D eigenvalue weighted by Crippen LogP contribution is 1.96. The molecule has 0 fully saturated rings. The van der Waals surface area contributed by atoms with Crippen molar-refractivity contribution in [3.05, 3.63) is 30.1 Å². The second-order valence-electron chi connectivity index (χ2n) is 4.48. The molecular weight excluding hydrogens is 230 g/mol. The third kappa shape index (κ3) is 5.43. The number of amides is 2. The second kappa shape index (κ2) is 7.42. The van der Waals surface area contributed by atoms with Crippen molar-refractivity contribution in [2.75, 3.05) is 6.54 Å². The molecule has 5 nitrogen and oxygen atoms in total. The average Bonchev–Trinajstić information content (AvgIpc) is 2.36. The first kappa shape index (κ1) is 14.2. The van der Waals surface area contributed by atoms with Crippen molar-refractivity contribution in [2.24, 2.45) is 5.92 Å². The lowest BCUT2D eigenvalue weighted by molar-refractivity contribution is -0.139. The van der Waals surface area contributed by atoms with Gasteiger partial charge in [-0.3, -0.25) is 14.6 Å². The molecule has 18 heavy (non-hydrogen) atoms. The molecule has 1 heterocycles. The first-order chi connectivity index (χ1) is 8.59. The summed E-state index contributed by atoms with van der Waals surface area (Å²) < 4.78 is 0. The second-order valence-corrected chi connectivity index (χ2v) is 4.48. The van der Waals surface area contributed by atoms with Crippen LogP contribution in [0, 0.1) is 5.92 Å². The summed E-state index contributed by atoms with van der Waals surface area (Å²) in [5.41, 5.74) is 0.862. The van der Waals surface area contributed by atoms with Crippen molar-refractivity contribution in [3.8, 4) is 0 Å². The van der Waals surface area contributed by atoms with Crippen LogP contribution in [0.4, 0.5) is 0 Å². The molecule has 0 aliphatic rings. The molecule has 0 spiro atoms. The predicted octanol–water partition coefficient (Wildman–Crippen LogP) is 0.860. The quantitative estimate of drug-likeness (QED) is 0.760. The number of carbonyl (C=O) groups is 2. The van der Waals surface area contributed by atoms with Crippen LogP contribution in [-0.2, 0) is 16.1 Å². The van der Waals surface area contributed by atoms with Gasteiger partial charge < -0.3 is 10.6 Å². The Labute approximate surface area is 107 Å². The Bertz CT molecular complexity index is 390. The zero-order chi connectivity index (χ0) is 13.4. The summed E-state index contributed by atoms with van der Waals surface area (Å²) in [6.07, 6.45) is 4.17. The molecule has 2 N–H and O–H groups in total. The highest BCUT2D eigenvalue weighted by atomic mass is 16.2. The summed E-state index contributed by atoms with van der Waals surface area (Å²) in [6, 6.07) is 3.62. The maximum Gasteiger partial charge on any atom is 0.309 e. The van der Waals surface area contributed by atoms with Crippen LogP contribution in [0.1, 0.15) is 25.8 Å². The van der Waals surface area contributed by atoms with E-state index >= 15 is 0 Å². The van der Waals surface area contributed by atoms with Crippen LogP contribution in [0.5, 0.6) is 0 Å². The lowest BCUT2D eigenvalue weighted by atomic mass is 10.1. The molecule has 0 unspecified atom stereocenters. The van der Waals surface area contributed by atoms with E-state index in [1.807, 2.05) is 6.07 Å². The van der Waals surface area contributed by atoms with Crippen LogP contribution in [-0.4, -0.2) is 23.3 Å². The number of aromatic nitrogens is 1. The standard InChI is InChI=1S/C13H19N3O2/c1-10(2)5-7-15-12(17)13(18)16-9-11-4-3-6-14-8-11/h3-4,6,8,10H,5,7,9H2,1-2H3,(H,15,17)(H,16,18). The molecule has 5 heteroatoms. The molecule has 0 saturated heterocycles. The number of hydrogen-bond acceptors (Lipinski definition) is 3. The SMILES string of the molecule is CC(C)CCNC(=O)C(=O)NCc1cccnc1. The lowest BCUT2D eigenvalue weighted by Crippen LogP contribution is -2.40. The normalized spacial score (nSPS) is 10.2. The Morgan fingerprint density at radius 3 is 2.61 bits per heavy atom. The molecule has 0 aromatic carbocycles. The summed E-state index contributed by atoms with van der Waals surface area (Å²) in [5, 5.41) is 5.13. The van der Waals surface area contributed by atoms with Gasteiger partial charge in [-0.1, -0.05) is 19.9 Å². The Morgan fingerprint density at radius 2 is 2.00 bits per heavy atom. The van der Waals surface area contributed by atoms with E-state index in [0.29, 0.717) is 19.0 Å². The molecular formula is C13H19N3O2. The number of hydrogen-bond donors (Lipinski definition) is 2. The van der Waals surface area contributed by atoms with Gasteiger partial charge >= 0.3 is 11.8 Å². The minimum atomic E-state index is -0.609. The predicted molar refractivity (Wildman–Crippen MR) is 68.5 cm³/mol. The van der Waals surface area contributed by atoms with Gasteiger partial charge in [-0.15, -0.1) is 0 Å². The molecule has 0 bridgehead atoms. The third-order valence-corrected chi connectivity index (χ3v) is 2.39. The Kier molecular flexibility index (Phi) is 5.84. The molecule has 0 radical (unpaired) electrons. The van der Waals surface area contributed by atoms with E-state index in [2.05, 4.69) is 29.5 Å². The molecule has 1 aromatic heterocycles. The van der Waals surface area contributed by atoms with Crippen molar-refractivity contribution < 1.29 is 9.59 Å². The van der Waals surface area contributed by atoms with Gasteiger partial charge in [0.1, 0.15) is 0 Å². The molecule has 2 amide bonds. The Morgan fingerprint density at radius 1 is 1.28 bits per heavy atom. The number of nitrogens with zero attached hydrogens (tertiary/aromatic N) is 1. The van der Waals surface area contributed by atoms with Crippen molar-refractivity contribution >= 4 is 11.8 Å². The maximum atomic E-state index is 11.4. The fourth-order valence-corrected chi connectivity index (χ4v) is 1.32. The van der Waals surface area contributed by atoms with E-state index in [1.54, 1.807) is 18.5 Å². The third-order valence-electron chi connectivity index (χ3n) is 2.39. The van der Waals surface area contributed by atoms with E-state index < -0.39 is 11.8 Å². The van der Waals surface area contributed by atoms with Crippen LogP contribution in [0.3, 0.4) is 0 Å². The summed E-state index contributed by atoms with van der Waals surface area (Å²) in [7, 11) is 0. The first-order valence-corrected chi connectivity index (χ1v) is 6.04. The fraction of sp³-hybridized carbons (Fsp3) is 0.462. The van der Waals surface area contributed by atoms with Crippen molar-refractivity contribution in [3.63, 3.8) is 0 Å². The van der Waals surface area contributed by atoms with Crippen LogP contribution in [0.15, 0.2) is 24.5 Å². The topological polar surface area (TPSA) is 71.1 Å². The molecule has 1 rings (SSSR count). The molecule has 98 valence electrons. The maximum absolute atomic E-state index is 11.4. The van der Waals surface area contributed by atoms with Gasteiger partial charge in [-0.2, -0.15) is 0 Å². The van der Waals surface area contributed by atoms with Crippen LogP contribution in [0.25, 0.3) is 0 Å². The van der Waals surface area contributed by atoms with Gasteiger partial charge in [0.05, 0.1) is 0 Å². The van der Waals surface area contributed by atoms with Gasteiger partial charge in [-0.05, 0) is 24.0 Å². The highest BCUT2D eigenvalue weighted by molar-refractivity contribution is 6.35. The number of rotatable bonds is 5. The van der Waals surface area contributed by atoms with E-state index in [0.717, 1.165) is 12.0 Å². The molecule has 0 saturated carbocycles. The van der Waals surface area contributed by atoms with Crippen molar-refractivity contribution in [1.82, 2.24) is 15.6 Å². The number of pyridine rings is 1. The lowest BCUT2D eigenvalue weighted by Gasteiger charge is -2.07. The zero-order valence-electron chi connectivity index (χ0n) is 10.8. The minimum absolute atomic E-state index is 0.310. The van der Waals surface area contributed by atoms with E-state index in [-0.39, 0.29) is 0 Å². The molecule has 0 atom stereocenters. The number of nitrogens with one attached hydrogen (secondary N) is 2. The van der Waals surface area contributed by atoms with Gasteiger partial charge in [0.2, 0.25) is 0 Å². The summed E-state index contributed by atoms with van der Waals surface area (Å²) >= 11 is 0. The van der Waals surface area contributed by atoms with Crippen molar-refractivity contribution in [1.29, 1.82) is 0 Å². The monoisotopic (exact) mass is 249 g/mol. The fourth-order valence-electron chi connectivity index (χ4n) is 1.32. The Balaban J connectivity index is 2.26. The summed E-state index contributed by atoms with van der Waals surface area (Å²) in [6.45, 7) is 4.96. The summed E-state index contributed by atoms with van der Waals surface area (Å²) in [4.78, 5) is 26.8. The van der Waals surface area contributed by atoms with E-state index in [4.69, 9.17) is 0 Å². The number of carbonyl (C=O) groups excluding carboxylic acids is 2. The van der Waals surface area contributed by atoms with Crippen LogP contribution in [0.2, 0.25) is 0 Å². The zero-order valence-corrected chi connectivity index (χ0v) is 10.8. The van der Waals surface area contributed by atoms with Crippen LogP contribution < -0.4 is 10.6 Å². The largest absolute Gasteiger partial charge is 0.348 e. The smallest absolute Gasteiger partial charge is 0.309 e. The van der Waals surface area contributed by atoms with Crippen molar-refractivity contribution in [2.45, 2.75) is 26.8 Å². The van der Waals surface area contributed by atoms with Gasteiger partial charge in [-0.25, -0.2) is 0 Å². The Hall–Kier alpha value is -1.91. The van der Waals surface area contributed by atoms with E-state index in [1.165, 1.54) is 0 Å².